The number of methoxy groups -OCH3 is 1. The molecule has 2 unspecified atom stereocenters. The van der Waals surface area contributed by atoms with Crippen LogP contribution in [0.1, 0.15) is 28.6 Å². The summed E-state index contributed by atoms with van der Waals surface area (Å²) in [5.74, 6) is -1.93. The van der Waals surface area contributed by atoms with Gasteiger partial charge in [-0.25, -0.2) is 13.6 Å². The predicted molar refractivity (Wildman–Crippen MR) is 80.5 cm³/mol. The van der Waals surface area contributed by atoms with E-state index in [2.05, 4.69) is 20.3 Å². The van der Waals surface area contributed by atoms with Gasteiger partial charge < -0.3 is 14.8 Å². The van der Waals surface area contributed by atoms with E-state index in [9.17, 15) is 13.6 Å². The van der Waals surface area contributed by atoms with E-state index in [1.54, 1.807) is 6.07 Å². The Morgan fingerprint density at radius 1 is 1.25 bits per heavy atom. The van der Waals surface area contributed by atoms with E-state index < -0.39 is 23.7 Å². The molecule has 0 radical (unpaired) electrons. The highest BCUT2D eigenvalue weighted by Gasteiger charge is 2.30. The Morgan fingerprint density at radius 3 is 2.75 bits per heavy atom. The van der Waals surface area contributed by atoms with Crippen LogP contribution in [0, 0.1) is 11.6 Å². The van der Waals surface area contributed by atoms with Crippen LogP contribution in [0.25, 0.3) is 0 Å². The third kappa shape index (κ3) is 3.33. The van der Waals surface area contributed by atoms with Gasteiger partial charge in [-0.05, 0) is 36.2 Å². The molecule has 1 saturated heterocycles. The third-order valence-corrected chi connectivity index (χ3v) is 3.76. The first-order valence-corrected chi connectivity index (χ1v) is 7.33. The summed E-state index contributed by atoms with van der Waals surface area (Å²) in [4.78, 5) is 11.3. The molecular formula is C16H15F2N3O3. The number of nitrogens with one attached hydrogen (secondary N) is 1. The van der Waals surface area contributed by atoms with Crippen molar-refractivity contribution in [3.05, 3.63) is 53.2 Å². The minimum absolute atomic E-state index is 0.0999. The van der Waals surface area contributed by atoms with Crippen LogP contribution in [0.5, 0.6) is 0 Å². The molecule has 2 aromatic rings. The van der Waals surface area contributed by atoms with Crippen LogP contribution in [0.15, 0.2) is 30.3 Å². The van der Waals surface area contributed by atoms with E-state index in [4.69, 9.17) is 4.74 Å². The molecule has 0 aliphatic carbocycles. The summed E-state index contributed by atoms with van der Waals surface area (Å²) in [6.07, 6.45) is 0.242. The SMILES string of the molecule is COC(=O)c1ccc(NC2CCOC2c2ccc(F)c(F)c2)nn1. The molecular weight excluding hydrogens is 320 g/mol. The lowest BCUT2D eigenvalue weighted by Gasteiger charge is -2.20. The molecule has 24 heavy (non-hydrogen) atoms. The summed E-state index contributed by atoms with van der Waals surface area (Å²) >= 11 is 0. The zero-order valence-corrected chi connectivity index (χ0v) is 12.8. The Bertz CT molecular complexity index is 740. The Morgan fingerprint density at radius 2 is 2.08 bits per heavy atom. The molecule has 8 heteroatoms. The molecule has 1 aromatic heterocycles. The average Bonchev–Trinajstić information content (AvgIpc) is 3.05. The van der Waals surface area contributed by atoms with E-state index in [0.717, 1.165) is 12.1 Å². The second kappa shape index (κ2) is 6.88. The molecule has 3 rings (SSSR count). The number of hydrogen-bond donors (Lipinski definition) is 1. The number of rotatable bonds is 4. The van der Waals surface area contributed by atoms with Gasteiger partial charge in [0, 0.05) is 6.61 Å². The van der Waals surface area contributed by atoms with Gasteiger partial charge >= 0.3 is 5.97 Å². The van der Waals surface area contributed by atoms with Crippen LogP contribution < -0.4 is 5.32 Å². The number of esters is 1. The molecule has 1 aliphatic rings. The quantitative estimate of drug-likeness (QED) is 0.866. The van der Waals surface area contributed by atoms with Crippen LogP contribution in [0.4, 0.5) is 14.6 Å². The molecule has 0 saturated carbocycles. The van der Waals surface area contributed by atoms with E-state index in [1.165, 1.54) is 19.2 Å². The van der Waals surface area contributed by atoms with Crippen LogP contribution in [0.2, 0.25) is 0 Å². The fourth-order valence-electron chi connectivity index (χ4n) is 2.57. The van der Waals surface area contributed by atoms with Crippen molar-refractivity contribution < 1.29 is 23.0 Å². The number of nitrogens with zero attached hydrogens (tertiary/aromatic N) is 2. The van der Waals surface area contributed by atoms with Gasteiger partial charge in [0.2, 0.25) is 0 Å². The smallest absolute Gasteiger partial charge is 0.358 e. The molecule has 6 nitrogen and oxygen atoms in total. The summed E-state index contributed by atoms with van der Waals surface area (Å²) in [6.45, 7) is 0.481. The first-order chi connectivity index (χ1) is 11.6. The van der Waals surface area contributed by atoms with Crippen molar-refractivity contribution in [1.82, 2.24) is 10.2 Å². The van der Waals surface area contributed by atoms with Crippen molar-refractivity contribution in [2.24, 2.45) is 0 Å². The Balaban J connectivity index is 1.74. The zero-order chi connectivity index (χ0) is 17.1. The van der Waals surface area contributed by atoms with Crippen molar-refractivity contribution in [2.75, 3.05) is 19.0 Å². The Hall–Kier alpha value is -2.61. The molecule has 1 aliphatic heterocycles. The Labute approximate surface area is 136 Å². The van der Waals surface area contributed by atoms with Gasteiger partial charge in [-0.3, -0.25) is 0 Å². The minimum Gasteiger partial charge on any atom is -0.464 e. The standard InChI is InChI=1S/C16H15F2N3O3/c1-23-16(22)13-4-5-14(21-20-13)19-12-6-7-24-15(12)9-2-3-10(17)11(18)8-9/h2-5,8,12,15H,6-7H2,1H3,(H,19,21). The lowest BCUT2D eigenvalue weighted by molar-refractivity contribution is 0.0592. The van der Waals surface area contributed by atoms with Gasteiger partial charge in [0.05, 0.1) is 13.2 Å². The third-order valence-electron chi connectivity index (χ3n) is 3.76. The summed E-state index contributed by atoms with van der Waals surface area (Å²) in [6, 6.07) is 6.62. The molecule has 0 amide bonds. The summed E-state index contributed by atoms with van der Waals surface area (Å²) < 4.78 is 36.7. The second-order valence-corrected chi connectivity index (χ2v) is 5.30. The van der Waals surface area contributed by atoms with Gasteiger partial charge in [0.1, 0.15) is 11.9 Å². The van der Waals surface area contributed by atoms with Crippen molar-refractivity contribution >= 4 is 11.8 Å². The molecule has 0 spiro atoms. The fraction of sp³-hybridized carbons (Fsp3) is 0.312. The summed E-state index contributed by atoms with van der Waals surface area (Å²) in [7, 11) is 1.26. The molecule has 0 bridgehead atoms. The maximum atomic E-state index is 13.4. The lowest BCUT2D eigenvalue weighted by atomic mass is 10.0. The van der Waals surface area contributed by atoms with Crippen molar-refractivity contribution in [1.29, 1.82) is 0 Å². The molecule has 126 valence electrons. The van der Waals surface area contributed by atoms with Crippen LogP contribution in [0.3, 0.4) is 0 Å². The topological polar surface area (TPSA) is 73.3 Å². The van der Waals surface area contributed by atoms with E-state index in [1.807, 2.05) is 0 Å². The zero-order valence-electron chi connectivity index (χ0n) is 12.8. The monoisotopic (exact) mass is 335 g/mol. The summed E-state index contributed by atoms with van der Waals surface area (Å²) in [5, 5.41) is 10.8. The first-order valence-electron chi connectivity index (χ1n) is 7.33. The largest absolute Gasteiger partial charge is 0.464 e. The van der Waals surface area contributed by atoms with Gasteiger partial charge in [-0.1, -0.05) is 6.07 Å². The van der Waals surface area contributed by atoms with Gasteiger partial charge in [-0.15, -0.1) is 10.2 Å². The van der Waals surface area contributed by atoms with Crippen molar-refractivity contribution in [3.63, 3.8) is 0 Å². The lowest BCUT2D eigenvalue weighted by Crippen LogP contribution is -2.24. The number of halogens is 2. The van der Waals surface area contributed by atoms with Crippen LogP contribution >= 0.6 is 0 Å². The van der Waals surface area contributed by atoms with Crippen molar-refractivity contribution in [2.45, 2.75) is 18.6 Å². The maximum absolute atomic E-state index is 13.4. The van der Waals surface area contributed by atoms with E-state index in [-0.39, 0.29) is 11.7 Å². The number of ether oxygens (including phenoxy) is 2. The number of carbonyl (C=O) groups is 1. The molecule has 1 N–H and O–H groups in total. The minimum atomic E-state index is -0.913. The van der Waals surface area contributed by atoms with E-state index in [0.29, 0.717) is 24.4 Å². The van der Waals surface area contributed by atoms with Crippen LogP contribution in [-0.2, 0) is 9.47 Å². The Kier molecular flexibility index (Phi) is 4.66. The average molecular weight is 335 g/mol. The van der Waals surface area contributed by atoms with Gasteiger partial charge in [0.15, 0.2) is 17.3 Å². The predicted octanol–water partition coefficient (Wildman–Crippen LogP) is 2.48. The number of hydrogen-bond acceptors (Lipinski definition) is 6. The number of aromatic nitrogens is 2. The van der Waals surface area contributed by atoms with Gasteiger partial charge in [0.25, 0.3) is 0 Å². The number of benzene rings is 1. The highest BCUT2D eigenvalue weighted by Crippen LogP contribution is 2.31. The fourth-order valence-corrected chi connectivity index (χ4v) is 2.57. The molecule has 2 atom stereocenters. The van der Waals surface area contributed by atoms with Crippen LogP contribution in [-0.4, -0.2) is 35.9 Å². The highest BCUT2D eigenvalue weighted by atomic mass is 19.2. The van der Waals surface area contributed by atoms with Crippen molar-refractivity contribution in [3.8, 4) is 0 Å². The van der Waals surface area contributed by atoms with E-state index >= 15 is 0 Å². The molecule has 2 heterocycles. The number of carbonyl (C=O) groups excluding carboxylic acids is 1. The maximum Gasteiger partial charge on any atom is 0.358 e. The number of anilines is 1. The van der Waals surface area contributed by atoms with Gasteiger partial charge in [-0.2, -0.15) is 0 Å². The molecule has 1 fully saturated rings. The molecule has 1 aromatic carbocycles. The second-order valence-electron chi connectivity index (χ2n) is 5.30. The highest BCUT2D eigenvalue weighted by molar-refractivity contribution is 5.86. The summed E-state index contributed by atoms with van der Waals surface area (Å²) in [5.41, 5.74) is 0.644. The first kappa shape index (κ1) is 16.3. The normalized spacial score (nSPS) is 20.0.